The van der Waals surface area contributed by atoms with E-state index in [1.807, 2.05) is 44.5 Å². The number of nitrogens with one attached hydrogen (secondary N) is 1. The van der Waals surface area contributed by atoms with E-state index in [1.54, 1.807) is 24.3 Å². The SMILES string of the molecule is CCn1c(-c2nc3cc(C(=O)N4CCCC(NC(=O)OC(C)(C)C)C4)cc(OC)c3n2C)cc2ccoc21. The average Bonchev–Trinajstić information content (AvgIpc) is 3.54. The van der Waals surface area contributed by atoms with Crippen LogP contribution in [-0.2, 0) is 18.3 Å². The van der Waals surface area contributed by atoms with Gasteiger partial charge in [-0.1, -0.05) is 0 Å². The first-order chi connectivity index (χ1) is 18.1. The summed E-state index contributed by atoms with van der Waals surface area (Å²) < 4.78 is 20.9. The molecule has 0 bridgehead atoms. The van der Waals surface area contributed by atoms with E-state index in [9.17, 15) is 9.59 Å². The molecule has 0 spiro atoms. The Morgan fingerprint density at radius 3 is 2.74 bits per heavy atom. The molecule has 1 fully saturated rings. The molecule has 1 saturated heterocycles. The molecule has 1 aromatic carbocycles. The lowest BCUT2D eigenvalue weighted by molar-refractivity contribution is 0.0452. The van der Waals surface area contributed by atoms with Crippen LogP contribution in [0, 0.1) is 0 Å². The first-order valence-corrected chi connectivity index (χ1v) is 13.0. The lowest BCUT2D eigenvalue weighted by Gasteiger charge is -2.33. The van der Waals surface area contributed by atoms with Crippen LogP contribution in [0.15, 0.2) is 34.9 Å². The number of piperidine rings is 1. The van der Waals surface area contributed by atoms with Crippen LogP contribution in [-0.4, -0.2) is 62.9 Å². The average molecular weight is 522 g/mol. The van der Waals surface area contributed by atoms with Gasteiger partial charge in [-0.05, 0) is 64.8 Å². The van der Waals surface area contributed by atoms with E-state index in [0.29, 0.717) is 29.9 Å². The van der Waals surface area contributed by atoms with Crippen LogP contribution in [0.3, 0.4) is 0 Å². The van der Waals surface area contributed by atoms with Crippen LogP contribution in [0.4, 0.5) is 4.79 Å². The van der Waals surface area contributed by atoms with Crippen LogP contribution in [0.1, 0.15) is 50.9 Å². The van der Waals surface area contributed by atoms with Crippen LogP contribution in [0.2, 0.25) is 0 Å². The molecule has 4 aromatic rings. The number of fused-ring (bicyclic) bond motifs is 2. The van der Waals surface area contributed by atoms with Crippen molar-refractivity contribution in [2.75, 3.05) is 20.2 Å². The van der Waals surface area contributed by atoms with Crippen molar-refractivity contribution < 1.29 is 23.5 Å². The molecule has 1 aliphatic heterocycles. The molecule has 4 heterocycles. The Morgan fingerprint density at radius 2 is 2.03 bits per heavy atom. The van der Waals surface area contributed by atoms with Gasteiger partial charge in [-0.3, -0.25) is 4.79 Å². The molecule has 38 heavy (non-hydrogen) atoms. The van der Waals surface area contributed by atoms with E-state index in [-0.39, 0.29) is 11.9 Å². The highest BCUT2D eigenvalue weighted by atomic mass is 16.6. The normalized spacial score (nSPS) is 16.3. The minimum atomic E-state index is -0.579. The largest absolute Gasteiger partial charge is 0.494 e. The number of alkyl carbamates (subject to hydrolysis) is 1. The standard InChI is InChI=1S/C28H35N5O5/c1-7-33-21(14-17-10-12-37-26(17)33)24-30-20-13-18(15-22(36-6)23(20)31(24)5)25(34)32-11-8-9-19(16-32)29-27(35)38-28(2,3)4/h10,12-15,19H,7-9,11,16H2,1-6H3,(H,29,35). The summed E-state index contributed by atoms with van der Waals surface area (Å²) in [7, 11) is 3.54. The maximum absolute atomic E-state index is 13.6. The molecule has 0 radical (unpaired) electrons. The number of carbonyl (C=O) groups is 2. The Morgan fingerprint density at radius 1 is 1.24 bits per heavy atom. The first kappa shape index (κ1) is 25.7. The van der Waals surface area contributed by atoms with Crippen molar-refractivity contribution in [2.24, 2.45) is 7.05 Å². The smallest absolute Gasteiger partial charge is 0.407 e. The fraction of sp³-hybridized carbons (Fsp3) is 0.464. The van der Waals surface area contributed by atoms with Crippen LogP contribution in [0.25, 0.3) is 33.7 Å². The number of ether oxygens (including phenoxy) is 2. The van der Waals surface area contributed by atoms with Crippen molar-refractivity contribution in [3.63, 3.8) is 0 Å². The highest BCUT2D eigenvalue weighted by Gasteiger charge is 2.29. The van der Waals surface area contributed by atoms with Gasteiger partial charge in [0.1, 0.15) is 16.9 Å². The van der Waals surface area contributed by atoms with E-state index >= 15 is 0 Å². The molecule has 202 valence electrons. The highest BCUT2D eigenvalue weighted by Crippen LogP contribution is 2.34. The molecule has 1 aliphatic rings. The number of amides is 2. The van der Waals surface area contributed by atoms with Crippen LogP contribution < -0.4 is 10.1 Å². The van der Waals surface area contributed by atoms with Gasteiger partial charge >= 0.3 is 6.09 Å². The van der Waals surface area contributed by atoms with E-state index in [0.717, 1.165) is 47.5 Å². The molecule has 0 saturated carbocycles. The zero-order valence-electron chi connectivity index (χ0n) is 22.8. The van der Waals surface area contributed by atoms with Crippen molar-refractivity contribution >= 4 is 34.1 Å². The quantitative estimate of drug-likeness (QED) is 0.399. The number of methoxy groups -OCH3 is 1. The molecule has 2 amide bonds. The number of hydrogen-bond donors (Lipinski definition) is 1. The van der Waals surface area contributed by atoms with E-state index in [4.69, 9.17) is 18.9 Å². The Balaban J connectivity index is 1.44. The first-order valence-electron chi connectivity index (χ1n) is 13.0. The molecule has 1 unspecified atom stereocenters. The van der Waals surface area contributed by atoms with Gasteiger partial charge in [0.05, 0.1) is 24.6 Å². The van der Waals surface area contributed by atoms with Gasteiger partial charge in [0, 0.05) is 43.7 Å². The van der Waals surface area contributed by atoms with Gasteiger partial charge in [-0.15, -0.1) is 0 Å². The predicted octanol–water partition coefficient (Wildman–Crippen LogP) is 4.95. The number of nitrogens with zero attached hydrogens (tertiary/aromatic N) is 4. The Kier molecular flexibility index (Phi) is 6.58. The van der Waals surface area contributed by atoms with Crippen molar-refractivity contribution in [1.82, 2.24) is 24.3 Å². The van der Waals surface area contributed by atoms with Crippen molar-refractivity contribution in [3.05, 3.63) is 36.1 Å². The fourth-order valence-electron chi connectivity index (χ4n) is 5.23. The number of imidazole rings is 1. The third-order valence-corrected chi connectivity index (χ3v) is 6.88. The summed E-state index contributed by atoms with van der Waals surface area (Å²) in [5, 5.41) is 3.92. The number of aromatic nitrogens is 3. The Bertz CT molecular complexity index is 1510. The second kappa shape index (κ2) is 9.74. The number of aryl methyl sites for hydroxylation is 2. The Labute approximate surface area is 221 Å². The second-order valence-corrected chi connectivity index (χ2v) is 10.7. The summed E-state index contributed by atoms with van der Waals surface area (Å²) in [5.74, 6) is 1.21. The number of benzene rings is 1. The molecule has 0 aliphatic carbocycles. The highest BCUT2D eigenvalue weighted by molar-refractivity contribution is 6.00. The molecule has 3 aromatic heterocycles. The molecule has 1 atom stereocenters. The van der Waals surface area contributed by atoms with Gasteiger partial charge in [0.2, 0.25) is 5.71 Å². The van der Waals surface area contributed by atoms with Gasteiger partial charge in [-0.2, -0.15) is 0 Å². The summed E-state index contributed by atoms with van der Waals surface area (Å²) in [6.07, 6.45) is 2.79. The topological polar surface area (TPSA) is 104 Å². The van der Waals surface area contributed by atoms with Gasteiger partial charge < -0.3 is 33.2 Å². The summed E-state index contributed by atoms with van der Waals surface area (Å²) in [6, 6.07) is 7.42. The van der Waals surface area contributed by atoms with Crippen molar-refractivity contribution in [3.8, 4) is 17.3 Å². The predicted molar refractivity (Wildman–Crippen MR) is 144 cm³/mol. The summed E-state index contributed by atoms with van der Waals surface area (Å²) in [5.41, 5.74) is 3.13. The van der Waals surface area contributed by atoms with Crippen molar-refractivity contribution in [1.29, 1.82) is 0 Å². The van der Waals surface area contributed by atoms with E-state index in [1.165, 1.54) is 0 Å². The van der Waals surface area contributed by atoms with E-state index in [2.05, 4.69) is 22.9 Å². The van der Waals surface area contributed by atoms with Crippen molar-refractivity contribution in [2.45, 2.75) is 58.7 Å². The molecule has 5 rings (SSSR count). The molecule has 10 nitrogen and oxygen atoms in total. The van der Waals surface area contributed by atoms with Gasteiger partial charge in [0.15, 0.2) is 5.82 Å². The molecule has 1 N–H and O–H groups in total. The third-order valence-electron chi connectivity index (χ3n) is 6.88. The fourth-order valence-corrected chi connectivity index (χ4v) is 5.23. The second-order valence-electron chi connectivity index (χ2n) is 10.7. The van der Waals surface area contributed by atoms with Gasteiger partial charge in [0.25, 0.3) is 5.91 Å². The molecular formula is C28H35N5O5. The maximum Gasteiger partial charge on any atom is 0.407 e. The summed E-state index contributed by atoms with van der Waals surface area (Å²) in [4.78, 5) is 32.6. The number of furan rings is 1. The summed E-state index contributed by atoms with van der Waals surface area (Å²) >= 11 is 0. The maximum atomic E-state index is 13.6. The minimum absolute atomic E-state index is 0.123. The van der Waals surface area contributed by atoms with E-state index < -0.39 is 11.7 Å². The monoisotopic (exact) mass is 521 g/mol. The van der Waals surface area contributed by atoms with Crippen LogP contribution in [0.5, 0.6) is 5.75 Å². The zero-order valence-corrected chi connectivity index (χ0v) is 22.8. The summed E-state index contributed by atoms with van der Waals surface area (Å²) in [6.45, 7) is 9.29. The number of likely N-dealkylation sites (tertiary alicyclic amines) is 1. The number of hydrogen-bond acceptors (Lipinski definition) is 6. The minimum Gasteiger partial charge on any atom is -0.494 e. The molecule has 10 heteroatoms. The van der Waals surface area contributed by atoms with Crippen LogP contribution >= 0.6 is 0 Å². The third kappa shape index (κ3) is 4.70. The molecular weight excluding hydrogens is 486 g/mol. The number of rotatable bonds is 5. The lowest BCUT2D eigenvalue weighted by Crippen LogP contribution is -2.50. The Hall–Kier alpha value is -3.95. The number of carbonyl (C=O) groups excluding carboxylic acids is 2. The van der Waals surface area contributed by atoms with Gasteiger partial charge in [-0.25, -0.2) is 9.78 Å². The zero-order chi connectivity index (χ0) is 27.2. The lowest BCUT2D eigenvalue weighted by atomic mass is 10.0.